The van der Waals surface area contributed by atoms with Crippen LogP contribution in [-0.2, 0) is 21.1 Å². The lowest BCUT2D eigenvalue weighted by Crippen LogP contribution is -2.29. The van der Waals surface area contributed by atoms with Crippen LogP contribution in [0.25, 0.3) is 0 Å². The lowest BCUT2D eigenvalue weighted by atomic mass is 10.0. The number of amides is 1. The molecule has 1 amide bonds. The lowest BCUT2D eigenvalue weighted by Gasteiger charge is -2.07. The van der Waals surface area contributed by atoms with E-state index in [2.05, 4.69) is 15.6 Å². The van der Waals surface area contributed by atoms with Crippen LogP contribution in [0, 0.1) is 6.92 Å². The molecule has 0 spiro atoms. The zero-order chi connectivity index (χ0) is 18.1. The molecule has 2 rings (SSSR count). The quantitative estimate of drug-likeness (QED) is 0.622. The van der Waals surface area contributed by atoms with Gasteiger partial charge in [0.05, 0.1) is 6.21 Å². The first kappa shape index (κ1) is 18.2. The third-order valence-electron chi connectivity index (χ3n) is 3.42. The molecule has 0 radical (unpaired) electrons. The predicted octanol–water partition coefficient (Wildman–Crippen LogP) is 2.64. The van der Waals surface area contributed by atoms with Crippen LogP contribution in [0.2, 0.25) is 0 Å². The van der Waals surface area contributed by atoms with Gasteiger partial charge in [-0.3, -0.25) is 4.79 Å². The standard InChI is InChI=1S/C19H21N3O3/c1-14-7-6-8-15(11-14)13-25-21-12-16-9-4-5-10-17(16)18(22-24-3)19(23)20-2/h4-12H,13H2,1-3H3,(H,20,23). The Morgan fingerprint density at radius 2 is 2.00 bits per heavy atom. The molecule has 130 valence electrons. The van der Waals surface area contributed by atoms with Gasteiger partial charge in [0.15, 0.2) is 5.71 Å². The van der Waals surface area contributed by atoms with E-state index in [-0.39, 0.29) is 11.6 Å². The molecule has 0 saturated heterocycles. The Labute approximate surface area is 147 Å². The summed E-state index contributed by atoms with van der Waals surface area (Å²) in [5, 5.41) is 10.4. The van der Waals surface area contributed by atoms with Crippen LogP contribution in [-0.4, -0.2) is 32.0 Å². The van der Waals surface area contributed by atoms with E-state index in [0.29, 0.717) is 17.7 Å². The largest absolute Gasteiger partial charge is 0.398 e. The number of hydrogen-bond donors (Lipinski definition) is 1. The van der Waals surface area contributed by atoms with E-state index in [1.807, 2.05) is 49.4 Å². The fourth-order valence-corrected chi connectivity index (χ4v) is 2.26. The number of carbonyl (C=O) groups excluding carboxylic acids is 1. The van der Waals surface area contributed by atoms with E-state index in [1.54, 1.807) is 12.3 Å². The molecule has 6 heteroatoms. The highest BCUT2D eigenvalue weighted by Gasteiger charge is 2.16. The minimum atomic E-state index is -0.344. The average Bonchev–Trinajstić information content (AvgIpc) is 2.63. The van der Waals surface area contributed by atoms with E-state index in [4.69, 9.17) is 9.68 Å². The Kier molecular flexibility index (Phi) is 6.71. The highest BCUT2D eigenvalue weighted by Crippen LogP contribution is 2.10. The van der Waals surface area contributed by atoms with Crippen molar-refractivity contribution in [3.63, 3.8) is 0 Å². The number of hydrogen-bond acceptors (Lipinski definition) is 5. The first-order valence-corrected chi connectivity index (χ1v) is 7.79. The summed E-state index contributed by atoms with van der Waals surface area (Å²) < 4.78 is 0. The van der Waals surface area contributed by atoms with E-state index >= 15 is 0 Å². The number of rotatable bonds is 7. The number of benzene rings is 2. The lowest BCUT2D eigenvalue weighted by molar-refractivity contribution is -0.114. The van der Waals surface area contributed by atoms with Gasteiger partial charge in [-0.25, -0.2) is 0 Å². The summed E-state index contributed by atoms with van der Waals surface area (Å²) in [6, 6.07) is 15.3. The molecule has 0 heterocycles. The third-order valence-corrected chi connectivity index (χ3v) is 3.42. The van der Waals surface area contributed by atoms with Gasteiger partial charge in [-0.15, -0.1) is 0 Å². The van der Waals surface area contributed by atoms with Gasteiger partial charge in [-0.1, -0.05) is 64.4 Å². The van der Waals surface area contributed by atoms with Gasteiger partial charge in [-0.05, 0) is 12.5 Å². The molecule has 0 fully saturated rings. The first-order valence-electron chi connectivity index (χ1n) is 7.79. The van der Waals surface area contributed by atoms with Crippen molar-refractivity contribution in [2.75, 3.05) is 14.2 Å². The summed E-state index contributed by atoms with van der Waals surface area (Å²) in [4.78, 5) is 22.1. The Morgan fingerprint density at radius 3 is 2.72 bits per heavy atom. The van der Waals surface area contributed by atoms with Crippen LogP contribution >= 0.6 is 0 Å². The second kappa shape index (κ2) is 9.22. The molecule has 0 aliphatic heterocycles. The molecule has 0 bridgehead atoms. The number of carbonyl (C=O) groups is 1. The number of nitrogens with zero attached hydrogens (tertiary/aromatic N) is 2. The predicted molar refractivity (Wildman–Crippen MR) is 97.6 cm³/mol. The van der Waals surface area contributed by atoms with Crippen LogP contribution in [0.5, 0.6) is 0 Å². The van der Waals surface area contributed by atoms with Gasteiger partial charge in [0.2, 0.25) is 0 Å². The fraction of sp³-hybridized carbons (Fsp3) is 0.211. The van der Waals surface area contributed by atoms with Crippen molar-refractivity contribution < 1.29 is 14.5 Å². The molecular formula is C19H21N3O3. The fourth-order valence-electron chi connectivity index (χ4n) is 2.26. The number of aryl methyl sites for hydroxylation is 1. The van der Waals surface area contributed by atoms with Crippen molar-refractivity contribution in [3.05, 3.63) is 70.8 Å². The van der Waals surface area contributed by atoms with Crippen LogP contribution in [0.3, 0.4) is 0 Å². The maximum absolute atomic E-state index is 12.0. The van der Waals surface area contributed by atoms with Crippen LogP contribution in [0.4, 0.5) is 0 Å². The Morgan fingerprint density at radius 1 is 1.20 bits per heavy atom. The molecule has 0 aliphatic rings. The zero-order valence-electron chi connectivity index (χ0n) is 14.5. The average molecular weight is 339 g/mol. The molecule has 0 saturated carbocycles. The zero-order valence-corrected chi connectivity index (χ0v) is 14.5. The van der Waals surface area contributed by atoms with E-state index in [0.717, 1.165) is 5.56 Å². The Balaban J connectivity index is 2.14. The Hall–Kier alpha value is -3.15. The van der Waals surface area contributed by atoms with Crippen LogP contribution < -0.4 is 5.32 Å². The summed E-state index contributed by atoms with van der Waals surface area (Å²) in [6.45, 7) is 2.40. The molecule has 0 aliphatic carbocycles. The van der Waals surface area contributed by atoms with E-state index in [1.165, 1.54) is 19.7 Å². The van der Waals surface area contributed by atoms with Crippen molar-refractivity contribution in [2.24, 2.45) is 10.3 Å². The minimum absolute atomic E-state index is 0.172. The maximum atomic E-state index is 12.0. The van der Waals surface area contributed by atoms with Crippen molar-refractivity contribution in [1.82, 2.24) is 5.32 Å². The van der Waals surface area contributed by atoms with Gasteiger partial charge in [0, 0.05) is 18.2 Å². The summed E-state index contributed by atoms with van der Waals surface area (Å²) >= 11 is 0. The number of likely N-dealkylation sites (N-methyl/N-ethyl adjacent to an activating group) is 1. The highest BCUT2D eigenvalue weighted by molar-refractivity contribution is 6.46. The Bertz CT molecular complexity index is 785. The normalized spacial score (nSPS) is 11.4. The van der Waals surface area contributed by atoms with Crippen molar-refractivity contribution >= 4 is 17.8 Å². The molecule has 2 aromatic carbocycles. The van der Waals surface area contributed by atoms with Crippen LogP contribution in [0.15, 0.2) is 58.8 Å². The summed E-state index contributed by atoms with van der Waals surface area (Å²) in [5.74, 6) is -0.344. The maximum Gasteiger partial charge on any atom is 0.273 e. The number of oxime groups is 2. The number of nitrogens with one attached hydrogen (secondary N) is 1. The SMILES string of the molecule is CNC(=O)C(=NOC)c1ccccc1C=NOCc1cccc(C)c1. The summed E-state index contributed by atoms with van der Waals surface area (Å²) in [7, 11) is 2.93. The van der Waals surface area contributed by atoms with Crippen molar-refractivity contribution in [2.45, 2.75) is 13.5 Å². The molecule has 25 heavy (non-hydrogen) atoms. The molecule has 0 unspecified atom stereocenters. The van der Waals surface area contributed by atoms with Crippen LogP contribution in [0.1, 0.15) is 22.3 Å². The smallest absolute Gasteiger partial charge is 0.273 e. The van der Waals surface area contributed by atoms with Gasteiger partial charge in [-0.2, -0.15) is 0 Å². The minimum Gasteiger partial charge on any atom is -0.398 e. The highest BCUT2D eigenvalue weighted by atomic mass is 16.6. The topological polar surface area (TPSA) is 72.3 Å². The monoisotopic (exact) mass is 339 g/mol. The van der Waals surface area contributed by atoms with Crippen molar-refractivity contribution in [1.29, 1.82) is 0 Å². The van der Waals surface area contributed by atoms with Gasteiger partial charge >= 0.3 is 0 Å². The molecule has 1 N–H and O–H groups in total. The van der Waals surface area contributed by atoms with Gasteiger partial charge in [0.1, 0.15) is 13.7 Å². The van der Waals surface area contributed by atoms with E-state index in [9.17, 15) is 4.79 Å². The molecule has 0 atom stereocenters. The third kappa shape index (κ3) is 5.17. The first-order chi connectivity index (χ1) is 12.2. The molecule has 2 aromatic rings. The second-order valence-corrected chi connectivity index (χ2v) is 5.29. The second-order valence-electron chi connectivity index (χ2n) is 5.29. The molecule has 6 nitrogen and oxygen atoms in total. The van der Waals surface area contributed by atoms with Gasteiger partial charge in [0.25, 0.3) is 5.91 Å². The van der Waals surface area contributed by atoms with Gasteiger partial charge < -0.3 is 15.0 Å². The van der Waals surface area contributed by atoms with E-state index < -0.39 is 0 Å². The summed E-state index contributed by atoms with van der Waals surface area (Å²) in [5.41, 5.74) is 3.68. The van der Waals surface area contributed by atoms with Crippen molar-refractivity contribution in [3.8, 4) is 0 Å². The molecular weight excluding hydrogens is 318 g/mol. The summed E-state index contributed by atoms with van der Waals surface area (Å²) in [6.07, 6.45) is 1.55. The molecule has 0 aromatic heterocycles.